The standard InChI is InChI=1S/C14H22ClN3O/c1-4-10(2)18(3)8-7-17-14(19)12-6-5-11(15)9-13(12)16/h5-6,9-10H,4,7-8,16H2,1-3H3,(H,17,19). The second-order valence-electron chi connectivity index (χ2n) is 4.73. The van der Waals surface area contributed by atoms with Gasteiger partial charge in [0.05, 0.1) is 5.56 Å². The third kappa shape index (κ3) is 4.73. The highest BCUT2D eigenvalue weighted by molar-refractivity contribution is 6.31. The molecular formula is C14H22ClN3O. The minimum atomic E-state index is -0.160. The van der Waals surface area contributed by atoms with Gasteiger partial charge in [-0.3, -0.25) is 4.79 Å². The van der Waals surface area contributed by atoms with E-state index in [4.69, 9.17) is 17.3 Å². The fraction of sp³-hybridized carbons (Fsp3) is 0.500. The molecule has 4 nitrogen and oxygen atoms in total. The van der Waals surface area contributed by atoms with Crippen LogP contribution in [0.2, 0.25) is 5.02 Å². The smallest absolute Gasteiger partial charge is 0.253 e. The molecule has 19 heavy (non-hydrogen) atoms. The molecule has 0 fully saturated rings. The van der Waals surface area contributed by atoms with Crippen LogP contribution in [0.25, 0.3) is 0 Å². The molecule has 0 aromatic heterocycles. The van der Waals surface area contributed by atoms with E-state index in [0.29, 0.717) is 28.9 Å². The number of likely N-dealkylation sites (N-methyl/N-ethyl adjacent to an activating group) is 1. The molecule has 1 amide bonds. The quantitative estimate of drug-likeness (QED) is 0.788. The lowest BCUT2D eigenvalue weighted by Gasteiger charge is -2.23. The first-order valence-electron chi connectivity index (χ1n) is 6.49. The molecule has 106 valence electrons. The van der Waals surface area contributed by atoms with E-state index in [2.05, 4.69) is 31.1 Å². The number of carbonyl (C=O) groups is 1. The number of amides is 1. The van der Waals surface area contributed by atoms with Gasteiger partial charge in [0.25, 0.3) is 5.91 Å². The summed E-state index contributed by atoms with van der Waals surface area (Å²) in [7, 11) is 2.05. The third-order valence-electron chi connectivity index (χ3n) is 3.35. The van der Waals surface area contributed by atoms with Crippen molar-refractivity contribution in [3.8, 4) is 0 Å². The van der Waals surface area contributed by atoms with E-state index in [0.717, 1.165) is 13.0 Å². The summed E-state index contributed by atoms with van der Waals surface area (Å²) in [6.45, 7) is 5.73. The molecule has 1 aromatic carbocycles. The molecule has 1 atom stereocenters. The van der Waals surface area contributed by atoms with Gasteiger partial charge in [-0.1, -0.05) is 18.5 Å². The summed E-state index contributed by atoms with van der Waals surface area (Å²) in [4.78, 5) is 14.2. The summed E-state index contributed by atoms with van der Waals surface area (Å²) >= 11 is 5.80. The van der Waals surface area contributed by atoms with Gasteiger partial charge in [0.15, 0.2) is 0 Å². The number of hydrogen-bond acceptors (Lipinski definition) is 3. The summed E-state index contributed by atoms with van der Waals surface area (Å²) in [5.41, 5.74) is 6.64. The molecule has 0 aliphatic heterocycles. The first-order valence-corrected chi connectivity index (χ1v) is 6.87. The molecule has 3 N–H and O–H groups in total. The maximum atomic E-state index is 11.9. The van der Waals surface area contributed by atoms with Gasteiger partial charge in [0, 0.05) is 29.8 Å². The van der Waals surface area contributed by atoms with E-state index >= 15 is 0 Å². The summed E-state index contributed by atoms with van der Waals surface area (Å²) in [5.74, 6) is -0.160. The van der Waals surface area contributed by atoms with Crippen molar-refractivity contribution in [2.24, 2.45) is 0 Å². The second-order valence-corrected chi connectivity index (χ2v) is 5.16. The number of carbonyl (C=O) groups excluding carboxylic acids is 1. The maximum Gasteiger partial charge on any atom is 0.253 e. The maximum absolute atomic E-state index is 11.9. The van der Waals surface area contributed by atoms with Crippen LogP contribution in [0, 0.1) is 0 Å². The fourth-order valence-corrected chi connectivity index (χ4v) is 1.89. The largest absolute Gasteiger partial charge is 0.398 e. The minimum absolute atomic E-state index is 0.160. The van der Waals surface area contributed by atoms with Crippen LogP contribution in [0.15, 0.2) is 18.2 Å². The molecule has 0 heterocycles. The van der Waals surface area contributed by atoms with E-state index in [1.54, 1.807) is 18.2 Å². The monoisotopic (exact) mass is 283 g/mol. The number of rotatable bonds is 6. The number of nitrogens with one attached hydrogen (secondary N) is 1. The number of anilines is 1. The van der Waals surface area contributed by atoms with E-state index in [1.165, 1.54) is 0 Å². The average molecular weight is 284 g/mol. The van der Waals surface area contributed by atoms with Crippen LogP contribution >= 0.6 is 11.6 Å². The first kappa shape index (κ1) is 15.8. The predicted molar refractivity (Wildman–Crippen MR) is 80.6 cm³/mol. The average Bonchev–Trinajstić information content (AvgIpc) is 2.37. The zero-order chi connectivity index (χ0) is 14.4. The third-order valence-corrected chi connectivity index (χ3v) is 3.59. The van der Waals surface area contributed by atoms with Crippen LogP contribution in [-0.2, 0) is 0 Å². The number of nitrogen functional groups attached to an aromatic ring is 1. The Kier molecular flexibility index (Phi) is 6.12. The Balaban J connectivity index is 2.47. The zero-order valence-corrected chi connectivity index (χ0v) is 12.5. The summed E-state index contributed by atoms with van der Waals surface area (Å²) < 4.78 is 0. The Morgan fingerprint density at radius 1 is 1.53 bits per heavy atom. The Bertz CT molecular complexity index is 437. The van der Waals surface area contributed by atoms with Crippen molar-refractivity contribution in [2.75, 3.05) is 25.9 Å². The van der Waals surface area contributed by atoms with Crippen molar-refractivity contribution in [3.63, 3.8) is 0 Å². The molecule has 1 aromatic rings. The van der Waals surface area contributed by atoms with Crippen LogP contribution in [-0.4, -0.2) is 37.0 Å². The lowest BCUT2D eigenvalue weighted by molar-refractivity contribution is 0.0948. The van der Waals surface area contributed by atoms with Crippen molar-refractivity contribution in [2.45, 2.75) is 26.3 Å². The van der Waals surface area contributed by atoms with Gasteiger partial charge < -0.3 is 16.0 Å². The van der Waals surface area contributed by atoms with Gasteiger partial charge in [-0.25, -0.2) is 0 Å². The van der Waals surface area contributed by atoms with Gasteiger partial charge in [0.2, 0.25) is 0 Å². The number of nitrogens with two attached hydrogens (primary N) is 1. The highest BCUT2D eigenvalue weighted by atomic mass is 35.5. The molecule has 0 bridgehead atoms. The lowest BCUT2D eigenvalue weighted by Crippen LogP contribution is -2.37. The summed E-state index contributed by atoms with van der Waals surface area (Å²) in [6, 6.07) is 5.41. The van der Waals surface area contributed by atoms with Crippen molar-refractivity contribution in [1.82, 2.24) is 10.2 Å². The molecule has 5 heteroatoms. The van der Waals surface area contributed by atoms with E-state index < -0.39 is 0 Å². The Morgan fingerprint density at radius 2 is 2.21 bits per heavy atom. The molecule has 1 unspecified atom stereocenters. The Hall–Kier alpha value is -1.26. The van der Waals surface area contributed by atoms with Gasteiger partial charge in [-0.15, -0.1) is 0 Å². The molecule has 1 rings (SSSR count). The molecule has 0 radical (unpaired) electrons. The van der Waals surface area contributed by atoms with Crippen molar-refractivity contribution in [3.05, 3.63) is 28.8 Å². The molecule has 0 spiro atoms. The predicted octanol–water partition coefficient (Wildman–Crippen LogP) is 2.38. The zero-order valence-electron chi connectivity index (χ0n) is 11.7. The minimum Gasteiger partial charge on any atom is -0.398 e. The van der Waals surface area contributed by atoms with Gasteiger partial charge in [-0.2, -0.15) is 0 Å². The molecule has 0 saturated carbocycles. The molecule has 0 saturated heterocycles. The van der Waals surface area contributed by atoms with Crippen LogP contribution in [0.5, 0.6) is 0 Å². The van der Waals surface area contributed by atoms with Gasteiger partial charge >= 0.3 is 0 Å². The van der Waals surface area contributed by atoms with Crippen LogP contribution in [0.3, 0.4) is 0 Å². The van der Waals surface area contributed by atoms with Gasteiger partial charge in [0.1, 0.15) is 0 Å². The summed E-state index contributed by atoms with van der Waals surface area (Å²) in [6.07, 6.45) is 1.09. The van der Waals surface area contributed by atoms with E-state index in [9.17, 15) is 4.79 Å². The normalized spacial score (nSPS) is 12.5. The second kappa shape index (κ2) is 7.36. The fourth-order valence-electron chi connectivity index (χ4n) is 1.71. The van der Waals surface area contributed by atoms with Crippen LogP contribution in [0.4, 0.5) is 5.69 Å². The van der Waals surface area contributed by atoms with Crippen LogP contribution in [0.1, 0.15) is 30.6 Å². The lowest BCUT2D eigenvalue weighted by atomic mass is 10.1. The topological polar surface area (TPSA) is 58.4 Å². The molecule has 0 aliphatic rings. The van der Waals surface area contributed by atoms with Crippen LogP contribution < -0.4 is 11.1 Å². The SMILES string of the molecule is CCC(C)N(C)CCNC(=O)c1ccc(Cl)cc1N. The first-order chi connectivity index (χ1) is 8.95. The Labute approximate surface area is 119 Å². The highest BCUT2D eigenvalue weighted by Gasteiger charge is 2.11. The van der Waals surface area contributed by atoms with E-state index in [-0.39, 0.29) is 5.91 Å². The number of halogens is 1. The van der Waals surface area contributed by atoms with Gasteiger partial charge in [-0.05, 0) is 38.6 Å². The van der Waals surface area contributed by atoms with Crippen molar-refractivity contribution in [1.29, 1.82) is 0 Å². The van der Waals surface area contributed by atoms with Crippen molar-refractivity contribution < 1.29 is 4.79 Å². The molecule has 0 aliphatic carbocycles. The number of hydrogen-bond donors (Lipinski definition) is 2. The number of nitrogens with zero attached hydrogens (tertiary/aromatic N) is 1. The molecular weight excluding hydrogens is 262 g/mol. The highest BCUT2D eigenvalue weighted by Crippen LogP contribution is 2.17. The Morgan fingerprint density at radius 3 is 2.79 bits per heavy atom. The number of benzene rings is 1. The van der Waals surface area contributed by atoms with Crippen molar-refractivity contribution >= 4 is 23.2 Å². The summed E-state index contributed by atoms with van der Waals surface area (Å²) in [5, 5.41) is 3.40. The van der Waals surface area contributed by atoms with E-state index in [1.807, 2.05) is 0 Å².